The molecule has 0 radical (unpaired) electrons. The van der Waals surface area contributed by atoms with Crippen molar-refractivity contribution in [3.05, 3.63) is 22.4 Å². The standard InChI is InChI=1S/C12H20N2OS/c1-9-6-11(7-15-9)12(14-13)3-2-10-4-5-16-8-10/h4-5,8-9,11-12,14H,2-3,6-7,13H2,1H3. The first-order chi connectivity index (χ1) is 7.79. The van der Waals surface area contributed by atoms with E-state index < -0.39 is 0 Å². The molecular formula is C12H20N2OS. The van der Waals surface area contributed by atoms with Crippen molar-refractivity contribution >= 4 is 11.3 Å². The fourth-order valence-electron chi connectivity index (χ4n) is 2.34. The number of nitrogens with one attached hydrogen (secondary N) is 1. The van der Waals surface area contributed by atoms with E-state index >= 15 is 0 Å². The van der Waals surface area contributed by atoms with Gasteiger partial charge >= 0.3 is 0 Å². The molecular weight excluding hydrogens is 220 g/mol. The maximum Gasteiger partial charge on any atom is 0.0551 e. The molecule has 3 N–H and O–H groups in total. The number of thiophene rings is 1. The molecule has 0 aliphatic carbocycles. The molecule has 0 bridgehead atoms. The quantitative estimate of drug-likeness (QED) is 0.611. The largest absolute Gasteiger partial charge is 0.378 e. The van der Waals surface area contributed by atoms with Gasteiger partial charge in [0.25, 0.3) is 0 Å². The summed E-state index contributed by atoms with van der Waals surface area (Å²) in [6, 6.07) is 2.57. The molecule has 3 unspecified atom stereocenters. The van der Waals surface area contributed by atoms with Gasteiger partial charge in [0.05, 0.1) is 12.7 Å². The van der Waals surface area contributed by atoms with E-state index in [9.17, 15) is 0 Å². The van der Waals surface area contributed by atoms with Crippen LogP contribution in [0.4, 0.5) is 0 Å². The van der Waals surface area contributed by atoms with Gasteiger partial charge in [-0.15, -0.1) is 0 Å². The maximum absolute atomic E-state index is 5.63. The van der Waals surface area contributed by atoms with Crippen molar-refractivity contribution in [2.24, 2.45) is 11.8 Å². The zero-order chi connectivity index (χ0) is 11.4. The summed E-state index contributed by atoms with van der Waals surface area (Å²) < 4.78 is 5.59. The summed E-state index contributed by atoms with van der Waals surface area (Å²) in [5.74, 6) is 6.20. The van der Waals surface area contributed by atoms with Crippen LogP contribution in [0.1, 0.15) is 25.3 Å². The summed E-state index contributed by atoms with van der Waals surface area (Å²) in [6.07, 6.45) is 3.71. The molecule has 1 fully saturated rings. The fraction of sp³-hybridized carbons (Fsp3) is 0.667. The smallest absolute Gasteiger partial charge is 0.0551 e. The number of hydrogen-bond acceptors (Lipinski definition) is 4. The summed E-state index contributed by atoms with van der Waals surface area (Å²) in [7, 11) is 0. The Bertz CT molecular complexity index is 302. The van der Waals surface area contributed by atoms with Crippen molar-refractivity contribution in [3.8, 4) is 0 Å². The Morgan fingerprint density at radius 1 is 1.69 bits per heavy atom. The van der Waals surface area contributed by atoms with Crippen molar-refractivity contribution in [1.82, 2.24) is 5.43 Å². The van der Waals surface area contributed by atoms with Gasteiger partial charge < -0.3 is 4.74 Å². The number of aryl methyl sites for hydroxylation is 1. The Morgan fingerprint density at radius 2 is 2.56 bits per heavy atom. The highest BCUT2D eigenvalue weighted by molar-refractivity contribution is 7.07. The molecule has 2 rings (SSSR count). The van der Waals surface area contributed by atoms with Crippen molar-refractivity contribution < 1.29 is 4.74 Å². The van der Waals surface area contributed by atoms with E-state index in [4.69, 9.17) is 10.6 Å². The second kappa shape index (κ2) is 5.77. The van der Waals surface area contributed by atoms with Gasteiger partial charge in [-0.1, -0.05) is 0 Å². The lowest BCUT2D eigenvalue weighted by Crippen LogP contribution is -2.41. The van der Waals surface area contributed by atoms with Crippen LogP contribution in [-0.2, 0) is 11.2 Å². The third kappa shape index (κ3) is 3.04. The second-order valence-corrected chi connectivity index (χ2v) is 5.36. The van der Waals surface area contributed by atoms with Gasteiger partial charge in [0, 0.05) is 12.0 Å². The third-order valence-corrected chi connectivity index (χ3v) is 4.07. The summed E-state index contributed by atoms with van der Waals surface area (Å²) in [6.45, 7) is 2.98. The van der Waals surface area contributed by atoms with Crippen LogP contribution in [-0.4, -0.2) is 18.8 Å². The molecule has 1 aromatic heterocycles. The Balaban J connectivity index is 1.81. The molecule has 1 aromatic rings. The average molecular weight is 240 g/mol. The summed E-state index contributed by atoms with van der Waals surface area (Å²) in [4.78, 5) is 0. The zero-order valence-electron chi connectivity index (χ0n) is 9.69. The fourth-order valence-corrected chi connectivity index (χ4v) is 3.05. The highest BCUT2D eigenvalue weighted by Gasteiger charge is 2.28. The van der Waals surface area contributed by atoms with Crippen LogP contribution in [0.5, 0.6) is 0 Å². The molecule has 16 heavy (non-hydrogen) atoms. The number of nitrogens with two attached hydrogens (primary N) is 1. The number of hydrogen-bond donors (Lipinski definition) is 2. The first kappa shape index (κ1) is 12.0. The molecule has 0 amide bonds. The highest BCUT2D eigenvalue weighted by Crippen LogP contribution is 2.24. The van der Waals surface area contributed by atoms with Crippen LogP contribution in [0.25, 0.3) is 0 Å². The minimum absolute atomic E-state index is 0.379. The maximum atomic E-state index is 5.63. The van der Waals surface area contributed by atoms with Crippen molar-refractivity contribution in [2.75, 3.05) is 6.61 Å². The first-order valence-electron chi connectivity index (χ1n) is 5.88. The normalized spacial score (nSPS) is 27.1. The topological polar surface area (TPSA) is 47.3 Å². The van der Waals surface area contributed by atoms with Crippen LogP contribution >= 0.6 is 11.3 Å². The monoisotopic (exact) mass is 240 g/mol. The van der Waals surface area contributed by atoms with E-state index in [0.29, 0.717) is 18.1 Å². The third-order valence-electron chi connectivity index (χ3n) is 3.34. The molecule has 90 valence electrons. The van der Waals surface area contributed by atoms with Gasteiger partial charge in [-0.05, 0) is 48.6 Å². The van der Waals surface area contributed by atoms with Gasteiger partial charge in [-0.3, -0.25) is 11.3 Å². The molecule has 4 heteroatoms. The van der Waals surface area contributed by atoms with Crippen LogP contribution < -0.4 is 11.3 Å². The predicted molar refractivity (Wildman–Crippen MR) is 67.3 cm³/mol. The molecule has 1 aliphatic heterocycles. The SMILES string of the molecule is CC1CC(C(CCc2ccsc2)NN)CO1. The minimum atomic E-state index is 0.379. The summed E-state index contributed by atoms with van der Waals surface area (Å²) >= 11 is 1.76. The Hall–Kier alpha value is -0.420. The van der Waals surface area contributed by atoms with Gasteiger partial charge in [-0.25, -0.2) is 0 Å². The van der Waals surface area contributed by atoms with Crippen LogP contribution in [0, 0.1) is 5.92 Å². The van der Waals surface area contributed by atoms with E-state index in [-0.39, 0.29) is 0 Å². The second-order valence-electron chi connectivity index (χ2n) is 4.58. The van der Waals surface area contributed by atoms with E-state index in [1.54, 1.807) is 11.3 Å². The minimum Gasteiger partial charge on any atom is -0.378 e. The molecule has 3 atom stereocenters. The summed E-state index contributed by atoms with van der Waals surface area (Å²) in [5, 5.41) is 4.34. The van der Waals surface area contributed by atoms with Crippen molar-refractivity contribution in [3.63, 3.8) is 0 Å². The van der Waals surface area contributed by atoms with E-state index in [0.717, 1.165) is 25.9 Å². The van der Waals surface area contributed by atoms with Crippen LogP contribution in [0.2, 0.25) is 0 Å². The molecule has 1 aliphatic rings. The molecule has 0 spiro atoms. The van der Waals surface area contributed by atoms with E-state index in [2.05, 4.69) is 29.2 Å². The first-order valence-corrected chi connectivity index (χ1v) is 6.82. The number of hydrazine groups is 1. The molecule has 3 nitrogen and oxygen atoms in total. The highest BCUT2D eigenvalue weighted by atomic mass is 32.1. The number of rotatable bonds is 5. The molecule has 0 saturated carbocycles. The van der Waals surface area contributed by atoms with Crippen LogP contribution in [0.15, 0.2) is 16.8 Å². The van der Waals surface area contributed by atoms with Crippen molar-refractivity contribution in [2.45, 2.75) is 38.3 Å². The lowest BCUT2D eigenvalue weighted by atomic mass is 9.93. The molecule has 1 saturated heterocycles. The van der Waals surface area contributed by atoms with Crippen LogP contribution in [0.3, 0.4) is 0 Å². The predicted octanol–water partition coefficient (Wildman–Crippen LogP) is 1.94. The molecule has 2 heterocycles. The summed E-state index contributed by atoms with van der Waals surface area (Å²) in [5.41, 5.74) is 4.36. The van der Waals surface area contributed by atoms with E-state index in [1.807, 2.05) is 0 Å². The molecule has 0 aromatic carbocycles. The van der Waals surface area contributed by atoms with Gasteiger partial charge in [0.15, 0.2) is 0 Å². The van der Waals surface area contributed by atoms with Crippen molar-refractivity contribution in [1.29, 1.82) is 0 Å². The van der Waals surface area contributed by atoms with Gasteiger partial charge in [-0.2, -0.15) is 11.3 Å². The Morgan fingerprint density at radius 3 is 3.12 bits per heavy atom. The average Bonchev–Trinajstić information content (AvgIpc) is 2.91. The Kier molecular flexibility index (Phi) is 4.35. The zero-order valence-corrected chi connectivity index (χ0v) is 10.5. The van der Waals surface area contributed by atoms with Gasteiger partial charge in [0.2, 0.25) is 0 Å². The number of ether oxygens (including phenoxy) is 1. The lowest BCUT2D eigenvalue weighted by molar-refractivity contribution is 0.116. The Labute approximate surface area is 101 Å². The van der Waals surface area contributed by atoms with E-state index in [1.165, 1.54) is 5.56 Å². The van der Waals surface area contributed by atoms with Gasteiger partial charge in [0.1, 0.15) is 0 Å². The lowest BCUT2D eigenvalue weighted by Gasteiger charge is -2.21.